The van der Waals surface area contributed by atoms with E-state index in [1.165, 1.54) is 6.07 Å². The minimum absolute atomic E-state index is 0.0961. The average molecular weight is 400 g/mol. The maximum Gasteiger partial charge on any atom is 0.417 e. The van der Waals surface area contributed by atoms with E-state index < -0.39 is 23.6 Å². The summed E-state index contributed by atoms with van der Waals surface area (Å²) in [6.07, 6.45) is 1.08. The number of nitrogens with zero attached hydrogens (tertiary/aromatic N) is 1. The van der Waals surface area contributed by atoms with Crippen LogP contribution < -0.4 is 10.1 Å². The highest BCUT2D eigenvalue weighted by atomic mass is 19.4. The first-order valence-electron chi connectivity index (χ1n) is 9.91. The van der Waals surface area contributed by atoms with E-state index >= 15 is 0 Å². The summed E-state index contributed by atoms with van der Waals surface area (Å²) in [5.74, 6) is -0.0613. The van der Waals surface area contributed by atoms with Gasteiger partial charge >= 0.3 is 12.1 Å². The number of aromatic nitrogens is 1. The van der Waals surface area contributed by atoms with Crippen molar-refractivity contribution in [2.24, 2.45) is 11.8 Å². The number of esters is 1. The fourth-order valence-corrected chi connectivity index (χ4v) is 3.94. The van der Waals surface area contributed by atoms with Gasteiger partial charge in [-0.05, 0) is 24.8 Å². The lowest BCUT2D eigenvalue weighted by molar-refractivity contribution is -0.176. The normalized spacial score (nSPS) is 27.6. The largest absolute Gasteiger partial charge is 0.469 e. The van der Waals surface area contributed by atoms with Crippen molar-refractivity contribution in [2.45, 2.75) is 70.4 Å². The Bertz CT molecular complexity index is 680. The number of carbonyl (C=O) groups excluding carboxylic acids is 1. The molecule has 28 heavy (non-hydrogen) atoms. The highest BCUT2D eigenvalue weighted by Crippen LogP contribution is 2.43. The molecule has 1 aromatic heterocycles. The van der Waals surface area contributed by atoms with E-state index in [4.69, 9.17) is 9.47 Å². The third-order valence-corrected chi connectivity index (χ3v) is 5.60. The zero-order valence-corrected chi connectivity index (χ0v) is 16.2. The van der Waals surface area contributed by atoms with E-state index in [0.717, 1.165) is 44.5 Å². The molecule has 0 radical (unpaired) electrons. The predicted octanol–water partition coefficient (Wildman–Crippen LogP) is 4.32. The van der Waals surface area contributed by atoms with Gasteiger partial charge < -0.3 is 9.47 Å². The van der Waals surface area contributed by atoms with Crippen LogP contribution in [0.5, 0.6) is 5.88 Å². The van der Waals surface area contributed by atoms with Gasteiger partial charge in [-0.25, -0.2) is 4.98 Å². The van der Waals surface area contributed by atoms with Crippen LogP contribution in [0.25, 0.3) is 0 Å². The molecule has 0 amide bonds. The maximum absolute atomic E-state index is 12.7. The Morgan fingerprint density at radius 3 is 2.79 bits per heavy atom. The van der Waals surface area contributed by atoms with Gasteiger partial charge in [0.05, 0.1) is 11.5 Å². The summed E-state index contributed by atoms with van der Waals surface area (Å²) in [6, 6.07) is 2.15. The number of rotatable bonds is 8. The highest BCUT2D eigenvalue weighted by Gasteiger charge is 2.57. The topological polar surface area (TPSA) is 60.5 Å². The molecular formula is C20H27F3N2O3. The van der Waals surface area contributed by atoms with Crippen LogP contribution in [0.1, 0.15) is 57.9 Å². The molecule has 2 bridgehead atoms. The van der Waals surface area contributed by atoms with Crippen LogP contribution in [0, 0.1) is 11.8 Å². The molecule has 1 aromatic rings. The summed E-state index contributed by atoms with van der Waals surface area (Å²) in [7, 11) is 0. The molecule has 4 atom stereocenters. The smallest absolute Gasteiger partial charge is 0.417 e. The van der Waals surface area contributed by atoms with Crippen LogP contribution in [0.15, 0.2) is 18.3 Å². The number of nitrogens with one attached hydrogen (secondary N) is 1. The molecule has 2 heterocycles. The summed E-state index contributed by atoms with van der Waals surface area (Å²) in [6.45, 7) is 4.71. The van der Waals surface area contributed by atoms with Crippen LogP contribution in [0.2, 0.25) is 0 Å². The second-order valence-electron chi connectivity index (χ2n) is 7.88. The molecule has 2 aliphatic rings. The lowest BCUT2D eigenvalue weighted by Gasteiger charge is -2.35. The van der Waals surface area contributed by atoms with Crippen LogP contribution in [0.4, 0.5) is 13.2 Å². The Labute approximate surface area is 163 Å². The van der Waals surface area contributed by atoms with Crippen LogP contribution in [-0.4, -0.2) is 29.3 Å². The number of ether oxygens (including phenoxy) is 2. The highest BCUT2D eigenvalue weighted by molar-refractivity contribution is 5.72. The lowest BCUT2D eigenvalue weighted by Crippen LogP contribution is -2.56. The molecule has 1 aliphatic carbocycles. The van der Waals surface area contributed by atoms with Crippen molar-refractivity contribution >= 4 is 5.97 Å². The van der Waals surface area contributed by atoms with Crippen molar-refractivity contribution < 1.29 is 27.4 Å². The fraction of sp³-hybridized carbons (Fsp3) is 0.700. The van der Waals surface area contributed by atoms with Crippen molar-refractivity contribution in [3.8, 4) is 5.88 Å². The summed E-state index contributed by atoms with van der Waals surface area (Å²) in [5, 5.41) is 3.25. The monoisotopic (exact) mass is 400 g/mol. The lowest BCUT2D eigenvalue weighted by atomic mass is 10.0. The summed E-state index contributed by atoms with van der Waals surface area (Å²) < 4.78 is 49.8. The molecule has 5 nitrogen and oxygen atoms in total. The number of alkyl halides is 3. The van der Waals surface area contributed by atoms with Crippen molar-refractivity contribution in [3.05, 3.63) is 23.9 Å². The number of piperidine rings is 1. The van der Waals surface area contributed by atoms with Gasteiger partial charge in [0.25, 0.3) is 0 Å². The predicted molar refractivity (Wildman–Crippen MR) is 96.5 cm³/mol. The van der Waals surface area contributed by atoms with Gasteiger partial charge in [0.1, 0.15) is 0 Å². The Balaban J connectivity index is 1.64. The summed E-state index contributed by atoms with van der Waals surface area (Å²) in [5.41, 5.74) is -1.75. The Hall–Kier alpha value is -1.83. The quantitative estimate of drug-likeness (QED) is 0.520. The molecule has 3 rings (SSSR count). The van der Waals surface area contributed by atoms with Crippen molar-refractivity contribution in [1.29, 1.82) is 0 Å². The van der Waals surface area contributed by atoms with E-state index in [9.17, 15) is 18.0 Å². The SMILES string of the molecule is CCCCCC(C)C(=O)O[C@]12C[C@H](CN1)C[C@H]2Oc1ccc(C(F)(F)F)cn1. The molecule has 1 aliphatic heterocycles. The van der Waals surface area contributed by atoms with Gasteiger partial charge in [0.2, 0.25) is 11.6 Å². The third-order valence-electron chi connectivity index (χ3n) is 5.60. The molecule has 8 heteroatoms. The van der Waals surface area contributed by atoms with Gasteiger partial charge in [0.15, 0.2) is 6.10 Å². The van der Waals surface area contributed by atoms with Crippen LogP contribution in [-0.2, 0) is 15.7 Å². The van der Waals surface area contributed by atoms with E-state index in [-0.39, 0.29) is 17.8 Å². The Morgan fingerprint density at radius 2 is 2.18 bits per heavy atom. The summed E-state index contributed by atoms with van der Waals surface area (Å²) >= 11 is 0. The molecule has 1 N–H and O–H groups in total. The van der Waals surface area contributed by atoms with Crippen molar-refractivity contribution in [3.63, 3.8) is 0 Å². The standard InChI is InChI=1S/C20H27F3N2O3/c1-3-4-5-6-13(2)18(26)28-19-10-14(11-25-19)9-16(19)27-17-8-7-15(12-24-17)20(21,22)23/h7-8,12-14,16,25H,3-6,9-11H2,1-2H3/t13?,14-,16-,19+/m1/s1. The second-order valence-corrected chi connectivity index (χ2v) is 7.88. The first kappa shape index (κ1) is 20.9. The molecular weight excluding hydrogens is 373 g/mol. The van der Waals surface area contributed by atoms with E-state index in [1.54, 1.807) is 0 Å². The molecule has 1 unspecified atom stereocenters. The minimum Gasteiger partial charge on any atom is -0.469 e. The number of unbranched alkanes of at least 4 members (excludes halogenated alkanes) is 2. The number of pyridine rings is 1. The molecule has 1 saturated heterocycles. The minimum atomic E-state index is -4.44. The molecule has 0 spiro atoms. The van der Waals surface area contributed by atoms with Gasteiger partial charge in [-0.2, -0.15) is 13.2 Å². The first-order chi connectivity index (χ1) is 13.2. The molecule has 156 valence electrons. The van der Waals surface area contributed by atoms with E-state index in [0.29, 0.717) is 18.8 Å². The summed E-state index contributed by atoms with van der Waals surface area (Å²) in [4.78, 5) is 16.3. The van der Waals surface area contributed by atoms with E-state index in [1.807, 2.05) is 6.92 Å². The van der Waals surface area contributed by atoms with Gasteiger partial charge in [0, 0.05) is 25.2 Å². The fourth-order valence-electron chi connectivity index (χ4n) is 3.94. The van der Waals surface area contributed by atoms with Gasteiger partial charge in [-0.3, -0.25) is 10.1 Å². The number of fused-ring (bicyclic) bond motifs is 2. The molecule has 2 fully saturated rings. The zero-order chi connectivity index (χ0) is 20.4. The molecule has 1 saturated carbocycles. The first-order valence-corrected chi connectivity index (χ1v) is 9.91. The van der Waals surface area contributed by atoms with Gasteiger partial charge in [-0.1, -0.05) is 33.1 Å². The number of hydrogen-bond acceptors (Lipinski definition) is 5. The van der Waals surface area contributed by atoms with Crippen LogP contribution >= 0.6 is 0 Å². The Kier molecular flexibility index (Phi) is 6.17. The maximum atomic E-state index is 12.7. The Morgan fingerprint density at radius 1 is 1.39 bits per heavy atom. The second kappa shape index (κ2) is 8.27. The van der Waals surface area contributed by atoms with E-state index in [2.05, 4.69) is 17.2 Å². The van der Waals surface area contributed by atoms with Crippen molar-refractivity contribution in [1.82, 2.24) is 10.3 Å². The van der Waals surface area contributed by atoms with Crippen LogP contribution in [0.3, 0.4) is 0 Å². The molecule has 0 aromatic carbocycles. The van der Waals surface area contributed by atoms with Crippen molar-refractivity contribution in [2.75, 3.05) is 6.54 Å². The van der Waals surface area contributed by atoms with Gasteiger partial charge in [-0.15, -0.1) is 0 Å². The number of carbonyl (C=O) groups is 1. The zero-order valence-electron chi connectivity index (χ0n) is 16.2. The average Bonchev–Trinajstić information content (AvgIpc) is 3.19. The number of halogens is 3. The third kappa shape index (κ3) is 4.59. The number of hydrogen-bond donors (Lipinski definition) is 1.